The van der Waals surface area contributed by atoms with E-state index in [9.17, 15) is 9.59 Å². The second-order valence-corrected chi connectivity index (χ2v) is 7.69. The highest BCUT2D eigenvalue weighted by molar-refractivity contribution is 5.95. The van der Waals surface area contributed by atoms with E-state index in [1.54, 1.807) is 18.0 Å². The molecule has 0 aliphatic carbocycles. The van der Waals surface area contributed by atoms with Gasteiger partial charge in [-0.05, 0) is 25.3 Å². The molecule has 1 aliphatic heterocycles. The van der Waals surface area contributed by atoms with E-state index in [-0.39, 0.29) is 24.1 Å². The van der Waals surface area contributed by atoms with Gasteiger partial charge in [0.25, 0.3) is 5.91 Å². The first-order valence-electron chi connectivity index (χ1n) is 10.4. The first kappa shape index (κ1) is 20.7. The summed E-state index contributed by atoms with van der Waals surface area (Å²) in [5.74, 6) is 1.06. The lowest BCUT2D eigenvalue weighted by Crippen LogP contribution is -2.36. The molecule has 0 atom stereocenters. The van der Waals surface area contributed by atoms with Crippen LogP contribution in [-0.2, 0) is 30.7 Å². The molecule has 0 fully saturated rings. The van der Waals surface area contributed by atoms with Crippen molar-refractivity contribution in [1.82, 2.24) is 20.0 Å². The molecule has 0 saturated heterocycles. The SMILES string of the molecule is CCc1cc(C(=O)N(C)Cc2nc(C)c3c(n2)N(Cc2ccccc2)C(=O)CC3)on1. The van der Waals surface area contributed by atoms with E-state index >= 15 is 0 Å². The Balaban J connectivity index is 1.59. The van der Waals surface area contributed by atoms with Gasteiger partial charge in [0.05, 0.1) is 18.8 Å². The maximum atomic E-state index is 12.7. The zero-order valence-electron chi connectivity index (χ0n) is 18.0. The highest BCUT2D eigenvalue weighted by Gasteiger charge is 2.28. The summed E-state index contributed by atoms with van der Waals surface area (Å²) in [6, 6.07) is 11.5. The summed E-state index contributed by atoms with van der Waals surface area (Å²) in [5.41, 5.74) is 3.58. The number of amides is 2. The Kier molecular flexibility index (Phi) is 5.79. The summed E-state index contributed by atoms with van der Waals surface area (Å²) < 4.78 is 5.15. The Bertz CT molecular complexity index is 1110. The zero-order chi connectivity index (χ0) is 22.0. The summed E-state index contributed by atoms with van der Waals surface area (Å²) in [6.45, 7) is 4.52. The van der Waals surface area contributed by atoms with Crippen molar-refractivity contribution in [1.29, 1.82) is 0 Å². The van der Waals surface area contributed by atoms with Gasteiger partial charge >= 0.3 is 0 Å². The van der Waals surface area contributed by atoms with Gasteiger partial charge in [-0.15, -0.1) is 0 Å². The van der Waals surface area contributed by atoms with Gasteiger partial charge in [-0.1, -0.05) is 42.4 Å². The predicted molar refractivity (Wildman–Crippen MR) is 114 cm³/mol. The van der Waals surface area contributed by atoms with Crippen LogP contribution in [0.25, 0.3) is 0 Å². The van der Waals surface area contributed by atoms with Crippen molar-refractivity contribution in [2.24, 2.45) is 0 Å². The van der Waals surface area contributed by atoms with Crippen LogP contribution < -0.4 is 4.90 Å². The van der Waals surface area contributed by atoms with Crippen molar-refractivity contribution in [3.05, 3.63) is 70.5 Å². The lowest BCUT2D eigenvalue weighted by Gasteiger charge is -2.29. The lowest BCUT2D eigenvalue weighted by molar-refractivity contribution is -0.119. The molecule has 8 nitrogen and oxygen atoms in total. The minimum atomic E-state index is -0.289. The van der Waals surface area contributed by atoms with E-state index < -0.39 is 0 Å². The Morgan fingerprint density at radius 2 is 1.97 bits per heavy atom. The summed E-state index contributed by atoms with van der Waals surface area (Å²) in [7, 11) is 1.67. The van der Waals surface area contributed by atoms with Crippen LogP contribution in [0.15, 0.2) is 40.9 Å². The first-order chi connectivity index (χ1) is 15.0. The number of hydrogen-bond donors (Lipinski definition) is 0. The van der Waals surface area contributed by atoms with Gasteiger partial charge in [0.2, 0.25) is 11.7 Å². The van der Waals surface area contributed by atoms with Crippen LogP contribution in [0.2, 0.25) is 0 Å². The molecular formula is C23H25N5O3. The minimum absolute atomic E-state index is 0.0404. The molecule has 0 saturated carbocycles. The van der Waals surface area contributed by atoms with E-state index in [0.717, 1.165) is 22.5 Å². The Morgan fingerprint density at radius 1 is 1.19 bits per heavy atom. The summed E-state index contributed by atoms with van der Waals surface area (Å²) in [4.78, 5) is 37.9. The van der Waals surface area contributed by atoms with Crippen molar-refractivity contribution in [3.8, 4) is 0 Å². The Morgan fingerprint density at radius 3 is 2.68 bits per heavy atom. The molecule has 1 aromatic carbocycles. The summed E-state index contributed by atoms with van der Waals surface area (Å²) >= 11 is 0. The Hall–Kier alpha value is -3.55. The van der Waals surface area contributed by atoms with E-state index in [2.05, 4.69) is 10.1 Å². The fraction of sp³-hybridized carbons (Fsp3) is 0.348. The summed E-state index contributed by atoms with van der Waals surface area (Å²) in [5, 5.41) is 3.88. The fourth-order valence-electron chi connectivity index (χ4n) is 3.69. The molecule has 2 aromatic heterocycles. The minimum Gasteiger partial charge on any atom is -0.351 e. The number of hydrogen-bond acceptors (Lipinski definition) is 6. The van der Waals surface area contributed by atoms with Crippen molar-refractivity contribution in [2.75, 3.05) is 11.9 Å². The second-order valence-electron chi connectivity index (χ2n) is 7.69. The summed E-state index contributed by atoms with van der Waals surface area (Å²) in [6.07, 6.45) is 1.75. The Labute approximate surface area is 180 Å². The van der Waals surface area contributed by atoms with Gasteiger partial charge in [-0.3, -0.25) is 14.5 Å². The molecule has 0 unspecified atom stereocenters. The molecule has 1 aliphatic rings. The van der Waals surface area contributed by atoms with Crippen molar-refractivity contribution < 1.29 is 14.1 Å². The second kappa shape index (κ2) is 8.67. The number of rotatable bonds is 6. The number of nitrogens with zero attached hydrogens (tertiary/aromatic N) is 5. The molecule has 160 valence electrons. The monoisotopic (exact) mass is 419 g/mol. The third-order valence-corrected chi connectivity index (χ3v) is 5.42. The highest BCUT2D eigenvalue weighted by Crippen LogP contribution is 2.29. The van der Waals surface area contributed by atoms with Gasteiger partial charge in [-0.25, -0.2) is 9.97 Å². The predicted octanol–water partition coefficient (Wildman–Crippen LogP) is 3.09. The normalized spacial score (nSPS) is 13.3. The fourth-order valence-corrected chi connectivity index (χ4v) is 3.69. The molecule has 0 N–H and O–H groups in total. The smallest absolute Gasteiger partial charge is 0.292 e. The number of carbonyl (C=O) groups is 2. The number of carbonyl (C=O) groups excluding carboxylic acids is 2. The van der Waals surface area contributed by atoms with Gasteiger partial charge in [0.15, 0.2) is 0 Å². The van der Waals surface area contributed by atoms with Gasteiger partial charge in [-0.2, -0.15) is 0 Å². The van der Waals surface area contributed by atoms with Crippen LogP contribution in [-0.4, -0.2) is 38.9 Å². The molecule has 8 heteroatoms. The molecule has 3 aromatic rings. The maximum absolute atomic E-state index is 12.7. The first-order valence-corrected chi connectivity index (χ1v) is 10.4. The average molecular weight is 419 g/mol. The van der Waals surface area contributed by atoms with Crippen LogP contribution in [0, 0.1) is 6.92 Å². The van der Waals surface area contributed by atoms with Gasteiger partial charge in [0, 0.05) is 30.8 Å². The highest BCUT2D eigenvalue weighted by atomic mass is 16.5. The van der Waals surface area contributed by atoms with E-state index in [1.165, 1.54) is 4.90 Å². The third kappa shape index (κ3) is 4.33. The van der Waals surface area contributed by atoms with Crippen molar-refractivity contribution in [2.45, 2.75) is 46.2 Å². The maximum Gasteiger partial charge on any atom is 0.292 e. The molecule has 3 heterocycles. The lowest BCUT2D eigenvalue weighted by atomic mass is 10.0. The van der Waals surface area contributed by atoms with E-state index in [1.807, 2.05) is 44.2 Å². The van der Waals surface area contributed by atoms with E-state index in [0.29, 0.717) is 37.4 Å². The molecule has 0 spiro atoms. The topological polar surface area (TPSA) is 92.4 Å². The standard InChI is InChI=1S/C23H25N5O3/c1-4-17-12-19(31-26-17)23(30)27(3)14-20-24-15(2)18-10-11-21(29)28(22(18)25-20)13-16-8-6-5-7-9-16/h5-9,12H,4,10-11,13-14H2,1-3H3. The van der Waals surface area contributed by atoms with Crippen LogP contribution in [0.4, 0.5) is 5.82 Å². The van der Waals surface area contributed by atoms with E-state index in [4.69, 9.17) is 9.51 Å². The molecule has 4 rings (SSSR count). The molecule has 0 bridgehead atoms. The van der Waals surface area contributed by atoms with Crippen LogP contribution >= 0.6 is 0 Å². The van der Waals surface area contributed by atoms with Gasteiger partial charge in [0.1, 0.15) is 11.6 Å². The molecule has 0 radical (unpaired) electrons. The molecule has 31 heavy (non-hydrogen) atoms. The quantitative estimate of drug-likeness (QED) is 0.610. The molecule has 2 amide bonds. The van der Waals surface area contributed by atoms with Crippen LogP contribution in [0.3, 0.4) is 0 Å². The van der Waals surface area contributed by atoms with Crippen LogP contribution in [0.1, 0.15) is 52.2 Å². The number of fused-ring (bicyclic) bond motifs is 1. The molecular weight excluding hydrogens is 394 g/mol. The van der Waals surface area contributed by atoms with Crippen LogP contribution in [0.5, 0.6) is 0 Å². The zero-order valence-corrected chi connectivity index (χ0v) is 18.0. The van der Waals surface area contributed by atoms with Crippen molar-refractivity contribution in [3.63, 3.8) is 0 Å². The number of aryl methyl sites for hydroxylation is 2. The largest absolute Gasteiger partial charge is 0.351 e. The number of benzene rings is 1. The number of aromatic nitrogens is 3. The van der Waals surface area contributed by atoms with Crippen molar-refractivity contribution >= 4 is 17.6 Å². The third-order valence-electron chi connectivity index (χ3n) is 5.42. The average Bonchev–Trinajstić information content (AvgIpc) is 3.25. The van der Waals surface area contributed by atoms with Gasteiger partial charge < -0.3 is 9.42 Å². The number of anilines is 1.